The van der Waals surface area contributed by atoms with Crippen molar-refractivity contribution in [1.82, 2.24) is 19.1 Å². The first kappa shape index (κ1) is 37.7. The van der Waals surface area contributed by atoms with E-state index in [1.54, 1.807) is 0 Å². The lowest BCUT2D eigenvalue weighted by molar-refractivity contribution is 0.581. The molecule has 61 heavy (non-hydrogen) atoms. The standard InChI is InChI=1S/C53H36F4N4/c1-53(2,51-31-39(29-45(58-51)41-23-21-37(54)27-43(41)56)60-47-19-11-9-17-35(47)25-49(60)33-13-5-3-6-14-33)52-32-40(30-46(59-52)42-24-22-38(55)28-44(42)57)61-48-20-12-10-18-36(48)26-50(61)34-15-7-4-8-16-34/h3-32H,1-2H3. The average Bonchev–Trinajstić information content (AvgIpc) is 3.86. The zero-order valence-electron chi connectivity index (χ0n) is 33.1. The fourth-order valence-electron chi connectivity index (χ4n) is 8.24. The molecular weight excluding hydrogens is 769 g/mol. The van der Waals surface area contributed by atoms with Crippen molar-refractivity contribution < 1.29 is 17.6 Å². The zero-order valence-corrected chi connectivity index (χ0v) is 33.1. The van der Waals surface area contributed by atoms with Gasteiger partial charge in [0, 0.05) is 39.4 Å². The maximum Gasteiger partial charge on any atom is 0.135 e. The highest BCUT2D eigenvalue weighted by Gasteiger charge is 2.31. The summed E-state index contributed by atoms with van der Waals surface area (Å²) in [6.07, 6.45) is 0. The van der Waals surface area contributed by atoms with Crippen LogP contribution in [-0.2, 0) is 5.41 Å². The van der Waals surface area contributed by atoms with Crippen LogP contribution in [0.4, 0.5) is 17.6 Å². The molecule has 0 aliphatic rings. The second kappa shape index (κ2) is 14.9. The van der Waals surface area contributed by atoms with Crippen LogP contribution < -0.4 is 0 Å². The number of pyridine rings is 2. The van der Waals surface area contributed by atoms with Crippen molar-refractivity contribution >= 4 is 21.8 Å². The van der Waals surface area contributed by atoms with E-state index in [4.69, 9.17) is 9.97 Å². The van der Waals surface area contributed by atoms with Gasteiger partial charge in [0.1, 0.15) is 23.3 Å². The lowest BCUT2D eigenvalue weighted by Gasteiger charge is -2.27. The molecule has 0 aliphatic carbocycles. The van der Waals surface area contributed by atoms with Crippen molar-refractivity contribution in [2.24, 2.45) is 0 Å². The summed E-state index contributed by atoms with van der Waals surface area (Å²) in [6.45, 7) is 3.94. The summed E-state index contributed by atoms with van der Waals surface area (Å²) in [5, 5.41) is 2.00. The van der Waals surface area contributed by atoms with E-state index in [2.05, 4.69) is 21.3 Å². The Morgan fingerprint density at radius 2 is 0.803 bits per heavy atom. The van der Waals surface area contributed by atoms with E-state index in [9.17, 15) is 8.78 Å². The van der Waals surface area contributed by atoms with Gasteiger partial charge in [0.2, 0.25) is 0 Å². The molecule has 0 amide bonds. The van der Waals surface area contributed by atoms with Gasteiger partial charge in [-0.15, -0.1) is 0 Å². The van der Waals surface area contributed by atoms with Crippen LogP contribution in [0.3, 0.4) is 0 Å². The monoisotopic (exact) mass is 804 g/mol. The minimum absolute atomic E-state index is 0.125. The topological polar surface area (TPSA) is 35.6 Å². The number of halogens is 4. The third-order valence-electron chi connectivity index (χ3n) is 11.4. The highest BCUT2D eigenvalue weighted by Crippen LogP contribution is 2.40. The molecule has 0 saturated heterocycles. The Labute approximate surface area is 349 Å². The van der Waals surface area contributed by atoms with E-state index in [1.165, 1.54) is 24.3 Å². The molecule has 4 nitrogen and oxygen atoms in total. The Morgan fingerprint density at radius 3 is 1.21 bits per heavy atom. The molecule has 0 N–H and O–H groups in total. The number of hydrogen-bond acceptors (Lipinski definition) is 2. The van der Waals surface area contributed by atoms with Gasteiger partial charge in [0.05, 0.1) is 56.6 Å². The van der Waals surface area contributed by atoms with Gasteiger partial charge in [-0.05, 0) is 97.8 Å². The summed E-state index contributed by atoms with van der Waals surface area (Å²) in [4.78, 5) is 10.3. The van der Waals surface area contributed by atoms with E-state index in [0.717, 1.165) is 56.5 Å². The molecule has 8 heteroatoms. The number of para-hydroxylation sites is 2. The van der Waals surface area contributed by atoms with Gasteiger partial charge in [-0.2, -0.15) is 0 Å². The maximum atomic E-state index is 15.8. The third kappa shape index (κ3) is 6.76. The molecule has 0 aliphatic heterocycles. The molecule has 10 rings (SSSR count). The van der Waals surface area contributed by atoms with Crippen LogP contribution >= 0.6 is 0 Å². The van der Waals surface area contributed by atoms with Gasteiger partial charge >= 0.3 is 0 Å². The van der Waals surface area contributed by atoms with Crippen molar-refractivity contribution in [3.8, 4) is 56.4 Å². The van der Waals surface area contributed by atoms with Gasteiger partial charge in [0.15, 0.2) is 0 Å². The number of benzene rings is 6. The first-order valence-electron chi connectivity index (χ1n) is 19.9. The minimum Gasteiger partial charge on any atom is -0.309 e. The van der Waals surface area contributed by atoms with E-state index in [1.807, 2.05) is 147 Å². The first-order valence-corrected chi connectivity index (χ1v) is 19.9. The molecule has 0 atom stereocenters. The SMILES string of the molecule is CC(C)(c1cc(-n2c(-c3ccccc3)cc3ccccc32)cc(-c2ccc(F)cc2F)n1)c1cc(-n2c(-c3ccccc3)cc3ccccc32)cc(-c2ccc(F)cc2F)n1. The summed E-state index contributed by atoms with van der Waals surface area (Å²) in [5.74, 6) is -2.91. The number of nitrogens with zero attached hydrogens (tertiary/aromatic N) is 4. The Balaban J connectivity index is 1.25. The molecule has 0 unspecified atom stereocenters. The van der Waals surface area contributed by atoms with Crippen molar-refractivity contribution in [3.63, 3.8) is 0 Å². The largest absolute Gasteiger partial charge is 0.309 e. The Hall–Kier alpha value is -7.58. The Bertz CT molecular complexity index is 3060. The highest BCUT2D eigenvalue weighted by atomic mass is 19.1. The fraction of sp³-hybridized carbons (Fsp3) is 0.0566. The minimum atomic E-state index is -1.03. The quantitative estimate of drug-likeness (QED) is 0.143. The Morgan fingerprint density at radius 1 is 0.410 bits per heavy atom. The fourth-order valence-corrected chi connectivity index (χ4v) is 8.24. The molecular formula is C53H36F4N4. The summed E-state index contributed by atoms with van der Waals surface area (Å²) < 4.78 is 64.6. The van der Waals surface area contributed by atoms with Crippen molar-refractivity contribution in [3.05, 3.63) is 217 Å². The molecule has 0 bridgehead atoms. The van der Waals surface area contributed by atoms with Crippen molar-refractivity contribution in [2.75, 3.05) is 0 Å². The number of aromatic nitrogens is 4. The third-order valence-corrected chi connectivity index (χ3v) is 11.4. The van der Waals surface area contributed by atoms with Crippen LogP contribution in [0.15, 0.2) is 182 Å². The van der Waals surface area contributed by atoms with E-state index >= 15 is 8.78 Å². The summed E-state index contributed by atoms with van der Waals surface area (Å²) in [7, 11) is 0. The van der Waals surface area contributed by atoms with E-state index < -0.39 is 28.7 Å². The van der Waals surface area contributed by atoms with E-state index in [0.29, 0.717) is 34.2 Å². The molecule has 0 radical (unpaired) electrons. The second-order valence-corrected chi connectivity index (χ2v) is 15.6. The van der Waals surface area contributed by atoms with E-state index in [-0.39, 0.29) is 11.1 Å². The van der Waals surface area contributed by atoms with Crippen LogP contribution in [0.1, 0.15) is 25.2 Å². The number of rotatable bonds is 8. The summed E-state index contributed by atoms with van der Waals surface area (Å²) >= 11 is 0. The second-order valence-electron chi connectivity index (χ2n) is 15.6. The lowest BCUT2D eigenvalue weighted by Crippen LogP contribution is -2.24. The summed E-state index contributed by atoms with van der Waals surface area (Å²) in [6, 6.07) is 54.8. The molecule has 4 aromatic heterocycles. The molecule has 4 heterocycles. The van der Waals surface area contributed by atoms with Crippen LogP contribution in [-0.4, -0.2) is 19.1 Å². The van der Waals surface area contributed by atoms with Crippen LogP contribution in [0.5, 0.6) is 0 Å². The van der Waals surface area contributed by atoms with Gasteiger partial charge in [-0.25, -0.2) is 17.6 Å². The smallest absolute Gasteiger partial charge is 0.135 e. The molecule has 0 saturated carbocycles. The molecule has 0 spiro atoms. The van der Waals surface area contributed by atoms with Gasteiger partial charge < -0.3 is 9.13 Å². The predicted octanol–water partition coefficient (Wildman–Crippen LogP) is 13.9. The molecule has 296 valence electrons. The predicted molar refractivity (Wildman–Crippen MR) is 236 cm³/mol. The van der Waals surface area contributed by atoms with Gasteiger partial charge in [0.25, 0.3) is 0 Å². The zero-order chi connectivity index (χ0) is 41.8. The summed E-state index contributed by atoms with van der Waals surface area (Å²) in [5.41, 5.74) is 7.83. The molecule has 10 aromatic rings. The Kier molecular flexibility index (Phi) is 9.21. The number of hydrogen-bond donors (Lipinski definition) is 0. The lowest BCUT2D eigenvalue weighted by atomic mass is 9.83. The molecule has 6 aromatic carbocycles. The molecule has 0 fully saturated rings. The average molecular weight is 805 g/mol. The number of fused-ring (bicyclic) bond motifs is 2. The maximum absolute atomic E-state index is 15.8. The van der Waals surface area contributed by atoms with Crippen molar-refractivity contribution in [2.45, 2.75) is 19.3 Å². The van der Waals surface area contributed by atoms with Crippen LogP contribution in [0.25, 0.3) is 78.2 Å². The van der Waals surface area contributed by atoms with Crippen molar-refractivity contribution in [1.29, 1.82) is 0 Å². The van der Waals surface area contributed by atoms with Gasteiger partial charge in [-0.3, -0.25) is 9.97 Å². The van der Waals surface area contributed by atoms with Crippen LogP contribution in [0, 0.1) is 23.3 Å². The highest BCUT2D eigenvalue weighted by molar-refractivity contribution is 5.91. The van der Waals surface area contributed by atoms with Gasteiger partial charge in [-0.1, -0.05) is 97.1 Å². The van der Waals surface area contributed by atoms with Crippen LogP contribution in [0.2, 0.25) is 0 Å². The first-order chi connectivity index (χ1) is 29.6. The normalized spacial score (nSPS) is 11.8.